The zero-order chi connectivity index (χ0) is 8.43. The third kappa shape index (κ3) is 1.80. The summed E-state index contributed by atoms with van der Waals surface area (Å²) in [6, 6.07) is 0.642. The van der Waals surface area contributed by atoms with Gasteiger partial charge in [0.25, 0.3) is 0 Å². The summed E-state index contributed by atoms with van der Waals surface area (Å²) >= 11 is 0. The Kier molecular flexibility index (Phi) is 2.66. The van der Waals surface area contributed by atoms with Crippen molar-refractivity contribution in [1.29, 1.82) is 0 Å². The van der Waals surface area contributed by atoms with Crippen LogP contribution >= 0.6 is 0 Å². The number of carbonyl (C=O) groups is 1. The van der Waals surface area contributed by atoms with Gasteiger partial charge in [0.2, 0.25) is 0 Å². The van der Waals surface area contributed by atoms with Gasteiger partial charge in [-0.2, -0.15) is 0 Å². The third-order valence-corrected chi connectivity index (χ3v) is 2.73. The molecule has 1 saturated heterocycles. The van der Waals surface area contributed by atoms with Crippen molar-refractivity contribution >= 4 is 5.78 Å². The first-order chi connectivity index (χ1) is 5.15. The number of Topliss-reactive ketones (excluding diaryl/α,β-unsaturated/α-hetero) is 1. The lowest BCUT2D eigenvalue weighted by Crippen LogP contribution is -2.24. The minimum atomic E-state index is 0.310. The summed E-state index contributed by atoms with van der Waals surface area (Å²) in [5.41, 5.74) is 0. The Morgan fingerprint density at radius 3 is 2.55 bits per heavy atom. The van der Waals surface area contributed by atoms with Crippen LogP contribution in [0.25, 0.3) is 0 Å². The van der Waals surface area contributed by atoms with Crippen LogP contribution in [0.1, 0.15) is 26.7 Å². The first-order valence-corrected chi connectivity index (χ1v) is 4.35. The molecule has 0 amide bonds. The maximum absolute atomic E-state index is 11.0. The van der Waals surface area contributed by atoms with E-state index >= 15 is 0 Å². The van der Waals surface area contributed by atoms with Gasteiger partial charge in [0.1, 0.15) is 5.78 Å². The number of rotatable bonds is 2. The Balaban J connectivity index is 2.49. The van der Waals surface area contributed by atoms with Crippen molar-refractivity contribution in [2.75, 3.05) is 13.6 Å². The molecule has 2 nitrogen and oxygen atoms in total. The normalized spacial score (nSPS) is 32.6. The minimum Gasteiger partial charge on any atom is -0.303 e. The Bertz CT molecular complexity index is 156. The molecule has 0 spiro atoms. The van der Waals surface area contributed by atoms with Crippen molar-refractivity contribution in [3.05, 3.63) is 0 Å². The molecule has 2 atom stereocenters. The van der Waals surface area contributed by atoms with Crippen LogP contribution in [0.5, 0.6) is 0 Å². The largest absolute Gasteiger partial charge is 0.303 e. The van der Waals surface area contributed by atoms with Crippen molar-refractivity contribution in [1.82, 2.24) is 4.90 Å². The number of hydrogen-bond acceptors (Lipinski definition) is 2. The molecule has 64 valence electrons. The molecule has 1 rings (SSSR count). The lowest BCUT2D eigenvalue weighted by molar-refractivity contribution is -0.120. The second-order valence-electron chi connectivity index (χ2n) is 3.54. The van der Waals surface area contributed by atoms with Gasteiger partial charge in [0, 0.05) is 18.5 Å². The molecule has 0 saturated carbocycles. The average Bonchev–Trinajstić information content (AvgIpc) is 2.31. The fourth-order valence-corrected chi connectivity index (χ4v) is 1.85. The van der Waals surface area contributed by atoms with Gasteiger partial charge in [-0.3, -0.25) is 4.79 Å². The molecule has 2 heteroatoms. The molecule has 1 aliphatic rings. The topological polar surface area (TPSA) is 20.3 Å². The predicted molar refractivity (Wildman–Crippen MR) is 45.5 cm³/mol. The molecular formula is C9H17NO. The molecule has 0 N–H and O–H groups in total. The van der Waals surface area contributed by atoms with Crippen LogP contribution in [0.3, 0.4) is 0 Å². The Morgan fingerprint density at radius 1 is 1.64 bits per heavy atom. The van der Waals surface area contributed by atoms with Crippen LogP contribution in [0, 0.1) is 5.92 Å². The van der Waals surface area contributed by atoms with Crippen molar-refractivity contribution in [2.24, 2.45) is 5.92 Å². The molecule has 0 radical (unpaired) electrons. The molecule has 11 heavy (non-hydrogen) atoms. The van der Waals surface area contributed by atoms with Crippen molar-refractivity contribution in [2.45, 2.75) is 32.7 Å². The summed E-state index contributed by atoms with van der Waals surface area (Å²) in [5, 5.41) is 0. The molecule has 1 heterocycles. The summed E-state index contributed by atoms with van der Waals surface area (Å²) in [7, 11) is 2.11. The number of carbonyl (C=O) groups excluding carboxylic acids is 1. The number of nitrogens with zero attached hydrogens (tertiary/aromatic N) is 1. The smallest absolute Gasteiger partial charge is 0.134 e. The maximum atomic E-state index is 11.0. The number of likely N-dealkylation sites (tertiary alicyclic amines) is 1. The van der Waals surface area contributed by atoms with Gasteiger partial charge in [0.05, 0.1) is 0 Å². The molecule has 1 aliphatic heterocycles. The molecule has 1 fully saturated rings. The van der Waals surface area contributed by atoms with Crippen LogP contribution in [-0.4, -0.2) is 30.3 Å². The van der Waals surface area contributed by atoms with Crippen LogP contribution in [0.4, 0.5) is 0 Å². The Morgan fingerprint density at radius 2 is 2.27 bits per heavy atom. The van der Waals surface area contributed by atoms with E-state index < -0.39 is 0 Å². The van der Waals surface area contributed by atoms with Gasteiger partial charge >= 0.3 is 0 Å². The molecule has 0 aliphatic carbocycles. The molecule has 0 aromatic heterocycles. The summed E-state index contributed by atoms with van der Waals surface area (Å²) in [6.45, 7) is 4.86. The summed E-state index contributed by atoms with van der Waals surface area (Å²) in [5.74, 6) is 0.665. The van der Waals surface area contributed by atoms with E-state index in [0.29, 0.717) is 17.7 Å². The van der Waals surface area contributed by atoms with Crippen molar-refractivity contribution < 1.29 is 4.79 Å². The monoisotopic (exact) mass is 155 g/mol. The van der Waals surface area contributed by atoms with Gasteiger partial charge in [-0.15, -0.1) is 0 Å². The van der Waals surface area contributed by atoms with E-state index in [0.717, 1.165) is 13.0 Å². The lowest BCUT2D eigenvalue weighted by Gasteiger charge is -2.15. The molecule has 0 bridgehead atoms. The van der Waals surface area contributed by atoms with E-state index in [4.69, 9.17) is 0 Å². The first-order valence-electron chi connectivity index (χ1n) is 4.35. The van der Waals surface area contributed by atoms with E-state index in [1.165, 1.54) is 6.42 Å². The van der Waals surface area contributed by atoms with Gasteiger partial charge in [-0.25, -0.2) is 0 Å². The number of hydrogen-bond donors (Lipinski definition) is 0. The van der Waals surface area contributed by atoms with Crippen molar-refractivity contribution in [3.63, 3.8) is 0 Å². The first kappa shape index (κ1) is 8.72. The average molecular weight is 155 g/mol. The van der Waals surface area contributed by atoms with E-state index in [2.05, 4.69) is 18.9 Å². The molecule has 0 aromatic rings. The highest BCUT2D eigenvalue weighted by Crippen LogP contribution is 2.23. The summed E-state index contributed by atoms with van der Waals surface area (Å²) in [6.07, 6.45) is 2.24. The van der Waals surface area contributed by atoms with E-state index in [9.17, 15) is 4.79 Å². The van der Waals surface area contributed by atoms with Crippen LogP contribution in [-0.2, 0) is 4.79 Å². The van der Waals surface area contributed by atoms with E-state index in [1.807, 2.05) is 0 Å². The van der Waals surface area contributed by atoms with Gasteiger partial charge in [-0.05, 0) is 26.8 Å². The predicted octanol–water partition coefficient (Wildman–Crippen LogP) is 1.31. The van der Waals surface area contributed by atoms with Crippen LogP contribution < -0.4 is 0 Å². The Hall–Kier alpha value is -0.370. The molecular weight excluding hydrogens is 138 g/mol. The highest BCUT2D eigenvalue weighted by Gasteiger charge is 2.30. The Labute approximate surface area is 68.6 Å². The summed E-state index contributed by atoms with van der Waals surface area (Å²) in [4.78, 5) is 13.3. The third-order valence-electron chi connectivity index (χ3n) is 2.73. The van der Waals surface area contributed by atoms with Gasteiger partial charge < -0.3 is 4.90 Å². The minimum absolute atomic E-state index is 0.310. The molecule has 0 aromatic carbocycles. The van der Waals surface area contributed by atoms with Crippen LogP contribution in [0.15, 0.2) is 0 Å². The fraction of sp³-hybridized carbons (Fsp3) is 0.889. The maximum Gasteiger partial charge on any atom is 0.134 e. The zero-order valence-corrected chi connectivity index (χ0v) is 7.63. The lowest BCUT2D eigenvalue weighted by atomic mass is 10.0. The fourth-order valence-electron chi connectivity index (χ4n) is 1.85. The highest BCUT2D eigenvalue weighted by molar-refractivity contribution is 5.78. The second kappa shape index (κ2) is 3.35. The number of ketones is 1. The zero-order valence-electron chi connectivity index (χ0n) is 7.63. The standard InChI is InChI=1S/C9H17NO/c1-4-9-5-8(7(2)11)6-10(9)3/h8-9H,4-6H2,1-3H3. The SMILES string of the molecule is CCC1CC(C(C)=O)CN1C. The van der Waals surface area contributed by atoms with E-state index in [1.54, 1.807) is 6.92 Å². The summed E-state index contributed by atoms with van der Waals surface area (Å²) < 4.78 is 0. The van der Waals surface area contributed by atoms with Gasteiger partial charge in [-0.1, -0.05) is 6.92 Å². The quantitative estimate of drug-likeness (QED) is 0.599. The highest BCUT2D eigenvalue weighted by atomic mass is 16.1. The van der Waals surface area contributed by atoms with Gasteiger partial charge in [0.15, 0.2) is 0 Å². The van der Waals surface area contributed by atoms with Crippen LogP contribution in [0.2, 0.25) is 0 Å². The second-order valence-corrected chi connectivity index (χ2v) is 3.54. The van der Waals surface area contributed by atoms with E-state index in [-0.39, 0.29) is 0 Å². The molecule has 2 unspecified atom stereocenters. The van der Waals surface area contributed by atoms with Crippen molar-refractivity contribution in [3.8, 4) is 0 Å².